The standard InChI is InChI=1S/C14H18N2O6/c1-14(2,3)22-13(19)15-11(12(17)18)8-9-4-6-10(7-5-9)16(20)21/h4-7,11H,8H2,1-3H3,(H,15,19)(H,17,18)/p-1/t11-/m1/s1. The predicted molar refractivity (Wildman–Crippen MR) is 75.0 cm³/mol. The van der Waals surface area contributed by atoms with Gasteiger partial charge in [-0.05, 0) is 32.8 Å². The van der Waals surface area contributed by atoms with Gasteiger partial charge in [-0.1, -0.05) is 12.1 Å². The van der Waals surface area contributed by atoms with Crippen LogP contribution in [0.2, 0.25) is 0 Å². The summed E-state index contributed by atoms with van der Waals surface area (Å²) in [6, 6.07) is 4.07. The second-order valence-corrected chi connectivity index (χ2v) is 5.65. The highest BCUT2D eigenvalue weighted by Crippen LogP contribution is 2.13. The Morgan fingerprint density at radius 2 is 1.82 bits per heavy atom. The van der Waals surface area contributed by atoms with E-state index in [1.807, 2.05) is 0 Å². The number of carboxylic acid groups (broad SMARTS) is 1. The zero-order valence-electron chi connectivity index (χ0n) is 12.5. The molecule has 8 heteroatoms. The van der Waals surface area contributed by atoms with Crippen molar-refractivity contribution in [3.8, 4) is 0 Å². The summed E-state index contributed by atoms with van der Waals surface area (Å²) in [6.45, 7) is 4.95. The van der Waals surface area contributed by atoms with E-state index in [2.05, 4.69) is 5.32 Å². The van der Waals surface area contributed by atoms with Crippen LogP contribution in [-0.2, 0) is 16.0 Å². The van der Waals surface area contributed by atoms with E-state index in [0.717, 1.165) is 0 Å². The SMILES string of the molecule is CC(C)(C)OC(=O)N[C@H](Cc1ccc([N+](=O)[O-])cc1)C(=O)[O-]. The molecule has 0 spiro atoms. The molecule has 0 radical (unpaired) electrons. The molecule has 0 aliphatic rings. The van der Waals surface area contributed by atoms with E-state index in [4.69, 9.17) is 4.74 Å². The number of hydrogen-bond acceptors (Lipinski definition) is 6. The number of benzene rings is 1. The molecule has 1 aromatic carbocycles. The highest BCUT2D eigenvalue weighted by molar-refractivity contribution is 5.79. The van der Waals surface area contributed by atoms with Crippen LogP contribution >= 0.6 is 0 Å². The van der Waals surface area contributed by atoms with Crippen molar-refractivity contribution in [2.75, 3.05) is 0 Å². The number of nitrogens with one attached hydrogen (secondary N) is 1. The van der Waals surface area contributed by atoms with Gasteiger partial charge in [-0.25, -0.2) is 4.79 Å². The summed E-state index contributed by atoms with van der Waals surface area (Å²) in [6.07, 6.45) is -0.942. The van der Waals surface area contributed by atoms with E-state index in [0.29, 0.717) is 5.56 Å². The third-order valence-corrected chi connectivity index (χ3v) is 2.56. The number of aliphatic carboxylic acids is 1. The molecular weight excluding hydrogens is 292 g/mol. The quantitative estimate of drug-likeness (QED) is 0.633. The molecule has 0 heterocycles. The number of nitro benzene ring substituents is 1. The number of hydrogen-bond donors (Lipinski definition) is 1. The largest absolute Gasteiger partial charge is 0.548 e. The van der Waals surface area contributed by atoms with Crippen LogP contribution in [0, 0.1) is 10.1 Å². The van der Waals surface area contributed by atoms with Crippen LogP contribution < -0.4 is 10.4 Å². The Morgan fingerprint density at radius 3 is 2.23 bits per heavy atom. The smallest absolute Gasteiger partial charge is 0.408 e. The Kier molecular flexibility index (Phi) is 5.44. The monoisotopic (exact) mass is 309 g/mol. The summed E-state index contributed by atoms with van der Waals surface area (Å²) >= 11 is 0. The van der Waals surface area contributed by atoms with Crippen molar-refractivity contribution in [2.24, 2.45) is 0 Å². The first-order chi connectivity index (χ1) is 10.1. The number of carbonyl (C=O) groups is 2. The van der Waals surface area contributed by atoms with Gasteiger partial charge in [0.15, 0.2) is 0 Å². The lowest BCUT2D eigenvalue weighted by atomic mass is 10.1. The minimum atomic E-state index is -1.47. The Balaban J connectivity index is 2.74. The van der Waals surface area contributed by atoms with Crippen LogP contribution in [0.3, 0.4) is 0 Å². The van der Waals surface area contributed by atoms with Crippen molar-refractivity contribution in [1.82, 2.24) is 5.32 Å². The Morgan fingerprint density at radius 1 is 1.27 bits per heavy atom. The molecule has 0 unspecified atom stereocenters. The molecule has 1 rings (SSSR count). The fourth-order valence-electron chi connectivity index (χ4n) is 1.63. The lowest BCUT2D eigenvalue weighted by Crippen LogP contribution is -2.50. The maximum absolute atomic E-state index is 11.6. The summed E-state index contributed by atoms with van der Waals surface area (Å²) < 4.78 is 4.98. The highest BCUT2D eigenvalue weighted by Gasteiger charge is 2.20. The molecule has 22 heavy (non-hydrogen) atoms. The molecule has 8 nitrogen and oxygen atoms in total. The number of amides is 1. The normalized spacial score (nSPS) is 12.3. The molecule has 120 valence electrons. The van der Waals surface area contributed by atoms with Gasteiger partial charge in [0, 0.05) is 12.1 Å². The van der Waals surface area contributed by atoms with Gasteiger partial charge in [-0.15, -0.1) is 0 Å². The van der Waals surface area contributed by atoms with E-state index in [1.165, 1.54) is 24.3 Å². The van der Waals surface area contributed by atoms with E-state index in [-0.39, 0.29) is 12.1 Å². The fourth-order valence-corrected chi connectivity index (χ4v) is 1.63. The molecule has 1 atom stereocenters. The summed E-state index contributed by atoms with van der Waals surface area (Å²) in [5.74, 6) is -1.47. The Hall–Kier alpha value is -2.64. The molecule has 0 fully saturated rings. The van der Waals surface area contributed by atoms with Crippen LogP contribution in [0.15, 0.2) is 24.3 Å². The van der Waals surface area contributed by atoms with Crippen LogP contribution in [0.5, 0.6) is 0 Å². The molecule has 1 aromatic rings. The molecule has 0 saturated heterocycles. The first-order valence-electron chi connectivity index (χ1n) is 6.52. The van der Waals surface area contributed by atoms with Gasteiger partial charge in [0.25, 0.3) is 5.69 Å². The maximum Gasteiger partial charge on any atom is 0.408 e. The number of rotatable bonds is 5. The summed E-state index contributed by atoms with van der Waals surface area (Å²) in [5, 5.41) is 23.8. The number of nitrogens with zero attached hydrogens (tertiary/aromatic N) is 1. The third kappa shape index (κ3) is 5.78. The number of carboxylic acids is 1. The van der Waals surface area contributed by atoms with Gasteiger partial charge in [0.1, 0.15) is 5.60 Å². The minimum Gasteiger partial charge on any atom is -0.548 e. The number of nitro groups is 1. The third-order valence-electron chi connectivity index (χ3n) is 2.56. The van der Waals surface area contributed by atoms with Crippen molar-refractivity contribution < 1.29 is 24.4 Å². The second kappa shape index (κ2) is 6.88. The lowest BCUT2D eigenvalue weighted by Gasteiger charge is -2.24. The van der Waals surface area contributed by atoms with Gasteiger partial charge in [-0.3, -0.25) is 10.1 Å². The predicted octanol–water partition coefficient (Wildman–Crippen LogP) is 0.780. The molecule has 0 bridgehead atoms. The van der Waals surface area contributed by atoms with Crippen molar-refractivity contribution in [3.05, 3.63) is 39.9 Å². The first kappa shape index (κ1) is 17.4. The van der Waals surface area contributed by atoms with Crippen molar-refractivity contribution in [1.29, 1.82) is 0 Å². The van der Waals surface area contributed by atoms with Crippen molar-refractivity contribution in [3.63, 3.8) is 0 Å². The number of alkyl carbamates (subject to hydrolysis) is 1. The van der Waals surface area contributed by atoms with E-state index in [1.54, 1.807) is 20.8 Å². The average Bonchev–Trinajstić information content (AvgIpc) is 2.36. The second-order valence-electron chi connectivity index (χ2n) is 5.65. The fraction of sp³-hybridized carbons (Fsp3) is 0.429. The van der Waals surface area contributed by atoms with Crippen LogP contribution in [0.4, 0.5) is 10.5 Å². The van der Waals surface area contributed by atoms with E-state index in [9.17, 15) is 24.8 Å². The molecule has 0 aliphatic carbocycles. The van der Waals surface area contributed by atoms with E-state index >= 15 is 0 Å². The summed E-state index contributed by atoms with van der Waals surface area (Å²) in [5.41, 5.74) is -0.349. The summed E-state index contributed by atoms with van der Waals surface area (Å²) in [4.78, 5) is 32.7. The van der Waals surface area contributed by atoms with Gasteiger partial charge >= 0.3 is 6.09 Å². The van der Waals surface area contributed by atoms with Crippen molar-refractivity contribution in [2.45, 2.75) is 38.8 Å². The zero-order chi connectivity index (χ0) is 16.9. The Labute approximate surface area is 127 Å². The van der Waals surface area contributed by atoms with Crippen LogP contribution in [0.25, 0.3) is 0 Å². The number of ether oxygens (including phenoxy) is 1. The van der Waals surface area contributed by atoms with Gasteiger partial charge in [0.2, 0.25) is 0 Å². The molecule has 0 saturated carbocycles. The van der Waals surface area contributed by atoms with Gasteiger partial charge in [0.05, 0.1) is 16.9 Å². The molecular formula is C14H17N2O6-. The highest BCUT2D eigenvalue weighted by atomic mass is 16.6. The van der Waals surface area contributed by atoms with Crippen LogP contribution in [-0.4, -0.2) is 28.6 Å². The van der Waals surface area contributed by atoms with Crippen LogP contribution in [0.1, 0.15) is 26.3 Å². The zero-order valence-corrected chi connectivity index (χ0v) is 12.5. The molecule has 0 aliphatic heterocycles. The lowest BCUT2D eigenvalue weighted by molar-refractivity contribution is -0.384. The number of carbonyl (C=O) groups excluding carboxylic acids is 2. The molecule has 1 N–H and O–H groups in total. The van der Waals surface area contributed by atoms with E-state index < -0.39 is 28.6 Å². The van der Waals surface area contributed by atoms with Gasteiger partial charge < -0.3 is 20.0 Å². The molecule has 0 aromatic heterocycles. The molecule has 1 amide bonds. The minimum absolute atomic E-state index is 0.0699. The van der Waals surface area contributed by atoms with Crippen molar-refractivity contribution >= 4 is 17.7 Å². The summed E-state index contributed by atoms with van der Waals surface area (Å²) in [7, 11) is 0. The average molecular weight is 309 g/mol. The number of non-ortho nitro benzene ring substituents is 1. The van der Waals surface area contributed by atoms with Gasteiger partial charge in [-0.2, -0.15) is 0 Å². The first-order valence-corrected chi connectivity index (χ1v) is 6.52. The Bertz CT molecular complexity index is 562. The maximum atomic E-state index is 11.6. The topological polar surface area (TPSA) is 122 Å².